The fourth-order valence-electron chi connectivity index (χ4n) is 2.75. The molecule has 1 aromatic heterocycles. The quantitative estimate of drug-likeness (QED) is 0.624. The Kier molecular flexibility index (Phi) is 6.36. The van der Waals surface area contributed by atoms with Gasteiger partial charge >= 0.3 is 0 Å². The first-order valence-corrected chi connectivity index (χ1v) is 8.98. The number of nitrogens with one attached hydrogen (secondary N) is 2. The minimum Gasteiger partial charge on any atom is -0.348 e. The summed E-state index contributed by atoms with van der Waals surface area (Å²) in [6, 6.07) is 17.1. The van der Waals surface area contributed by atoms with E-state index in [-0.39, 0.29) is 11.8 Å². The molecule has 2 amide bonds. The Balaban J connectivity index is 1.56. The van der Waals surface area contributed by atoms with Gasteiger partial charge in [-0.25, -0.2) is 0 Å². The average Bonchev–Trinajstić information content (AvgIpc) is 3.19. The highest BCUT2D eigenvalue weighted by Gasteiger charge is 2.04. The fraction of sp³-hybridized carbons (Fsp3) is 0.136. The van der Waals surface area contributed by atoms with E-state index in [1.54, 1.807) is 24.4 Å². The molecule has 1 heterocycles. The molecule has 28 heavy (non-hydrogen) atoms. The monoisotopic (exact) mass is 374 g/mol. The first kappa shape index (κ1) is 19.1. The van der Waals surface area contributed by atoms with Gasteiger partial charge in [-0.05, 0) is 41.0 Å². The summed E-state index contributed by atoms with van der Waals surface area (Å²) in [5.74, 6) is -0.282. The molecule has 2 aromatic carbocycles. The van der Waals surface area contributed by atoms with Crippen molar-refractivity contribution in [3.63, 3.8) is 0 Å². The van der Waals surface area contributed by atoms with Crippen LogP contribution in [0.2, 0.25) is 0 Å². The first-order valence-electron chi connectivity index (χ1n) is 8.98. The summed E-state index contributed by atoms with van der Waals surface area (Å²) in [6.07, 6.45) is 6.90. The molecule has 2 N–H and O–H groups in total. The summed E-state index contributed by atoms with van der Waals surface area (Å²) in [5.41, 5.74) is 3.77. The van der Waals surface area contributed by atoms with Gasteiger partial charge in [0.2, 0.25) is 11.8 Å². The Labute approximate surface area is 163 Å². The third-order valence-electron chi connectivity index (χ3n) is 4.12. The molecule has 6 nitrogen and oxygen atoms in total. The van der Waals surface area contributed by atoms with Gasteiger partial charge in [-0.1, -0.05) is 36.4 Å². The standard InChI is InChI=1S/C22H22N4O2/c1-17(27)25-21-10-7-18(8-11-21)9-12-22(28)23-15-19-5-2-3-6-20(19)16-26-14-4-13-24-26/h2-14H,15-16H2,1H3,(H,23,28)(H,25,27)/b12-9+. The second-order valence-corrected chi connectivity index (χ2v) is 6.33. The Morgan fingerprint density at radius 1 is 1.04 bits per heavy atom. The predicted molar refractivity (Wildman–Crippen MR) is 109 cm³/mol. The van der Waals surface area contributed by atoms with Gasteiger partial charge in [0.25, 0.3) is 0 Å². The van der Waals surface area contributed by atoms with E-state index in [4.69, 9.17) is 0 Å². The Hall–Kier alpha value is -3.67. The molecule has 0 aliphatic carbocycles. The molecule has 0 saturated heterocycles. The van der Waals surface area contributed by atoms with Gasteiger partial charge in [0.15, 0.2) is 0 Å². The zero-order chi connectivity index (χ0) is 19.8. The van der Waals surface area contributed by atoms with Gasteiger partial charge in [-0.3, -0.25) is 14.3 Å². The zero-order valence-corrected chi connectivity index (χ0v) is 15.6. The molecule has 142 valence electrons. The van der Waals surface area contributed by atoms with Gasteiger partial charge < -0.3 is 10.6 Å². The summed E-state index contributed by atoms with van der Waals surface area (Å²) in [7, 11) is 0. The van der Waals surface area contributed by atoms with Crippen LogP contribution < -0.4 is 10.6 Å². The molecule has 0 spiro atoms. The summed E-state index contributed by atoms with van der Waals surface area (Å²) in [6.45, 7) is 2.57. The molecule has 0 aliphatic rings. The van der Waals surface area contributed by atoms with Crippen molar-refractivity contribution in [2.45, 2.75) is 20.0 Å². The number of amides is 2. The normalized spacial score (nSPS) is 10.8. The molecule has 6 heteroatoms. The number of anilines is 1. The maximum absolute atomic E-state index is 12.2. The Morgan fingerprint density at radius 2 is 1.79 bits per heavy atom. The molecule has 0 unspecified atom stereocenters. The summed E-state index contributed by atoms with van der Waals surface area (Å²) >= 11 is 0. The highest BCUT2D eigenvalue weighted by molar-refractivity contribution is 5.92. The molecule has 0 fully saturated rings. The summed E-state index contributed by atoms with van der Waals surface area (Å²) in [5, 5.41) is 9.85. The SMILES string of the molecule is CC(=O)Nc1ccc(/C=C/C(=O)NCc2ccccc2Cn2cccn2)cc1. The van der Waals surface area contributed by atoms with Crippen LogP contribution >= 0.6 is 0 Å². The molecular formula is C22H22N4O2. The van der Waals surface area contributed by atoms with Crippen molar-refractivity contribution in [3.8, 4) is 0 Å². The van der Waals surface area contributed by atoms with E-state index < -0.39 is 0 Å². The van der Waals surface area contributed by atoms with Crippen molar-refractivity contribution < 1.29 is 9.59 Å². The van der Waals surface area contributed by atoms with Crippen molar-refractivity contribution in [2.24, 2.45) is 0 Å². The van der Waals surface area contributed by atoms with Crippen molar-refractivity contribution in [3.05, 3.63) is 89.8 Å². The fourth-order valence-corrected chi connectivity index (χ4v) is 2.75. The third-order valence-corrected chi connectivity index (χ3v) is 4.12. The minimum absolute atomic E-state index is 0.115. The predicted octanol–water partition coefficient (Wildman–Crippen LogP) is 3.22. The van der Waals surface area contributed by atoms with E-state index >= 15 is 0 Å². The molecule has 0 radical (unpaired) electrons. The van der Waals surface area contributed by atoms with Crippen molar-refractivity contribution in [1.29, 1.82) is 0 Å². The van der Waals surface area contributed by atoms with Crippen LogP contribution in [0.3, 0.4) is 0 Å². The van der Waals surface area contributed by atoms with Crippen LogP contribution in [0.4, 0.5) is 5.69 Å². The lowest BCUT2D eigenvalue weighted by Gasteiger charge is -2.10. The number of rotatable bonds is 7. The zero-order valence-electron chi connectivity index (χ0n) is 15.6. The molecule has 0 bridgehead atoms. The van der Waals surface area contributed by atoms with Crippen molar-refractivity contribution in [1.82, 2.24) is 15.1 Å². The largest absolute Gasteiger partial charge is 0.348 e. The second kappa shape index (κ2) is 9.32. The van der Waals surface area contributed by atoms with E-state index in [9.17, 15) is 9.59 Å². The van der Waals surface area contributed by atoms with Crippen LogP contribution in [0.5, 0.6) is 0 Å². The van der Waals surface area contributed by atoms with Crippen molar-refractivity contribution in [2.75, 3.05) is 5.32 Å². The van der Waals surface area contributed by atoms with Crippen LogP contribution in [-0.4, -0.2) is 21.6 Å². The van der Waals surface area contributed by atoms with Crippen LogP contribution in [0.15, 0.2) is 73.1 Å². The van der Waals surface area contributed by atoms with E-state index in [0.29, 0.717) is 13.1 Å². The second-order valence-electron chi connectivity index (χ2n) is 6.33. The van der Waals surface area contributed by atoms with Crippen LogP contribution in [0.25, 0.3) is 6.08 Å². The topological polar surface area (TPSA) is 76.0 Å². The van der Waals surface area contributed by atoms with E-state index in [2.05, 4.69) is 15.7 Å². The highest BCUT2D eigenvalue weighted by atomic mass is 16.2. The number of hydrogen-bond acceptors (Lipinski definition) is 3. The van der Waals surface area contributed by atoms with Crippen LogP contribution in [-0.2, 0) is 22.7 Å². The summed E-state index contributed by atoms with van der Waals surface area (Å²) in [4.78, 5) is 23.2. The molecule has 0 saturated carbocycles. The molecule has 3 rings (SSSR count). The first-order chi connectivity index (χ1) is 13.6. The van der Waals surface area contributed by atoms with Crippen LogP contribution in [0.1, 0.15) is 23.6 Å². The molecular weight excluding hydrogens is 352 g/mol. The average molecular weight is 374 g/mol. The van der Waals surface area contributed by atoms with Gasteiger partial charge in [0.05, 0.1) is 6.54 Å². The Morgan fingerprint density at radius 3 is 2.46 bits per heavy atom. The maximum Gasteiger partial charge on any atom is 0.244 e. The highest BCUT2D eigenvalue weighted by Crippen LogP contribution is 2.12. The molecule has 0 atom stereocenters. The molecule has 0 aliphatic heterocycles. The smallest absolute Gasteiger partial charge is 0.244 e. The number of carbonyl (C=O) groups excluding carboxylic acids is 2. The van der Waals surface area contributed by atoms with E-state index in [0.717, 1.165) is 22.4 Å². The van der Waals surface area contributed by atoms with Gasteiger partial charge in [-0.2, -0.15) is 5.10 Å². The molecule has 3 aromatic rings. The lowest BCUT2D eigenvalue weighted by atomic mass is 10.1. The van der Waals surface area contributed by atoms with Crippen molar-refractivity contribution >= 4 is 23.6 Å². The minimum atomic E-state index is -0.167. The maximum atomic E-state index is 12.2. The van der Waals surface area contributed by atoms with E-state index in [1.807, 2.05) is 53.3 Å². The lowest BCUT2D eigenvalue weighted by molar-refractivity contribution is -0.116. The van der Waals surface area contributed by atoms with Gasteiger partial charge in [0.1, 0.15) is 0 Å². The lowest BCUT2D eigenvalue weighted by Crippen LogP contribution is -2.21. The number of aromatic nitrogens is 2. The number of nitrogens with zero attached hydrogens (tertiary/aromatic N) is 2. The van der Waals surface area contributed by atoms with E-state index in [1.165, 1.54) is 13.0 Å². The number of benzene rings is 2. The number of carbonyl (C=O) groups is 2. The van der Waals surface area contributed by atoms with Gasteiger partial charge in [0, 0.05) is 37.6 Å². The van der Waals surface area contributed by atoms with Gasteiger partial charge in [-0.15, -0.1) is 0 Å². The number of hydrogen-bond donors (Lipinski definition) is 2. The third kappa shape index (κ3) is 5.67. The van der Waals surface area contributed by atoms with Crippen LogP contribution in [0, 0.1) is 0 Å². The Bertz CT molecular complexity index is 960. The summed E-state index contributed by atoms with van der Waals surface area (Å²) < 4.78 is 1.85.